The van der Waals surface area contributed by atoms with Crippen molar-refractivity contribution in [2.24, 2.45) is 0 Å². The van der Waals surface area contributed by atoms with Crippen molar-refractivity contribution in [1.29, 1.82) is 0 Å². The number of thiophene rings is 1. The molecule has 0 nitrogen and oxygen atoms in total. The molecule has 1 aromatic carbocycles. The first kappa shape index (κ1) is 12.3. The first-order valence-corrected chi connectivity index (χ1v) is 5.50. The van der Waals surface area contributed by atoms with Crippen LogP contribution >= 0.6 is 35.6 Å². The Bertz CT molecular complexity index is 412. The Kier molecular flexibility index (Phi) is 4.65. The van der Waals surface area contributed by atoms with Gasteiger partial charge in [-0.3, -0.25) is 0 Å². The Morgan fingerprint density at radius 2 is 2.00 bits per heavy atom. The Morgan fingerprint density at radius 1 is 1.21 bits per heavy atom. The molecule has 0 aliphatic rings. The van der Waals surface area contributed by atoms with Gasteiger partial charge in [0.1, 0.15) is 0 Å². The van der Waals surface area contributed by atoms with Crippen LogP contribution in [0.25, 0.3) is 10.4 Å². The zero-order valence-corrected chi connectivity index (χ0v) is 12.8. The van der Waals surface area contributed by atoms with Crippen LogP contribution in [0, 0.1) is 0 Å². The smallest absolute Gasteiger partial charge is 0.0413 e. The minimum Gasteiger partial charge on any atom is -0.144 e. The Labute approximate surface area is 110 Å². The summed E-state index contributed by atoms with van der Waals surface area (Å²) in [7, 11) is 0. The van der Waals surface area contributed by atoms with Crippen LogP contribution in [0.4, 0.5) is 0 Å². The summed E-state index contributed by atoms with van der Waals surface area (Å²) in [5, 5.41) is 2.80. The van der Waals surface area contributed by atoms with E-state index in [2.05, 4.69) is 18.7 Å². The predicted octanol–water partition coefficient (Wildman–Crippen LogP) is 4.35. The van der Waals surface area contributed by atoms with E-state index < -0.39 is 0 Å². The molecule has 1 heterocycles. The van der Waals surface area contributed by atoms with E-state index >= 15 is 0 Å². The van der Waals surface area contributed by atoms with E-state index in [0.29, 0.717) is 0 Å². The number of thiol groups is 1. The zero-order chi connectivity index (χ0) is 9.26. The molecule has 68 valence electrons. The SMILES string of the molecule is Sc1ccc(Cl)cc1-c1cccs1.[Zn]. The molecule has 0 atom stereocenters. The minimum absolute atomic E-state index is 0. The van der Waals surface area contributed by atoms with Crippen molar-refractivity contribution in [2.75, 3.05) is 0 Å². The van der Waals surface area contributed by atoms with E-state index in [-0.39, 0.29) is 19.5 Å². The summed E-state index contributed by atoms with van der Waals surface area (Å²) >= 11 is 12.0. The van der Waals surface area contributed by atoms with Crippen LogP contribution in [0.5, 0.6) is 0 Å². The molecule has 0 amide bonds. The van der Waals surface area contributed by atoms with Crippen LogP contribution in [0.1, 0.15) is 0 Å². The van der Waals surface area contributed by atoms with E-state index in [1.54, 1.807) is 11.3 Å². The van der Waals surface area contributed by atoms with Gasteiger partial charge in [-0.05, 0) is 29.6 Å². The molecule has 2 rings (SSSR count). The van der Waals surface area contributed by atoms with Gasteiger partial charge in [-0.1, -0.05) is 17.7 Å². The second kappa shape index (κ2) is 5.32. The van der Waals surface area contributed by atoms with Crippen molar-refractivity contribution >= 4 is 35.6 Å². The third kappa shape index (κ3) is 2.61. The third-order valence-corrected chi connectivity index (χ3v) is 3.27. The molecular formula is C10H7ClS2Zn. The van der Waals surface area contributed by atoms with Gasteiger partial charge < -0.3 is 0 Å². The fourth-order valence-corrected chi connectivity index (χ4v) is 2.40. The van der Waals surface area contributed by atoms with Gasteiger partial charge in [-0.2, -0.15) is 0 Å². The van der Waals surface area contributed by atoms with Gasteiger partial charge in [0.05, 0.1) is 0 Å². The number of benzene rings is 1. The summed E-state index contributed by atoms with van der Waals surface area (Å²) in [6.45, 7) is 0. The van der Waals surface area contributed by atoms with Crippen molar-refractivity contribution in [1.82, 2.24) is 0 Å². The van der Waals surface area contributed by atoms with Crippen molar-refractivity contribution in [2.45, 2.75) is 4.90 Å². The molecule has 0 saturated heterocycles. The van der Waals surface area contributed by atoms with E-state index in [1.807, 2.05) is 29.6 Å². The summed E-state index contributed by atoms with van der Waals surface area (Å²) in [4.78, 5) is 2.17. The number of hydrogen-bond donors (Lipinski definition) is 1. The van der Waals surface area contributed by atoms with Crippen molar-refractivity contribution < 1.29 is 19.5 Å². The largest absolute Gasteiger partial charge is 0.144 e. The predicted molar refractivity (Wildman–Crippen MR) is 62.0 cm³/mol. The molecule has 0 fully saturated rings. The molecule has 0 aliphatic carbocycles. The monoisotopic (exact) mass is 290 g/mol. The maximum atomic E-state index is 5.90. The summed E-state index contributed by atoms with van der Waals surface area (Å²) in [5.74, 6) is 0. The molecule has 2 aromatic rings. The Morgan fingerprint density at radius 3 is 2.64 bits per heavy atom. The second-order valence-corrected chi connectivity index (χ2v) is 4.50. The Balaban J connectivity index is 0.000000980. The summed E-state index contributed by atoms with van der Waals surface area (Å²) in [6.07, 6.45) is 0. The first-order valence-electron chi connectivity index (χ1n) is 3.80. The number of halogens is 1. The van der Waals surface area contributed by atoms with Crippen LogP contribution in [-0.2, 0) is 19.5 Å². The fourth-order valence-electron chi connectivity index (χ4n) is 1.14. The van der Waals surface area contributed by atoms with Gasteiger partial charge in [0.25, 0.3) is 0 Å². The fraction of sp³-hybridized carbons (Fsp3) is 0. The standard InChI is InChI=1S/C10H7ClS2.Zn/c11-7-3-4-9(12)8(6-7)10-2-1-5-13-10;/h1-6,12H;. The molecule has 0 saturated carbocycles. The van der Waals surface area contributed by atoms with Crippen LogP contribution in [-0.4, -0.2) is 0 Å². The molecule has 1 aromatic heterocycles. The quantitative estimate of drug-likeness (QED) is 0.586. The molecule has 0 unspecified atom stereocenters. The molecule has 4 heteroatoms. The molecule has 14 heavy (non-hydrogen) atoms. The average molecular weight is 292 g/mol. The summed E-state index contributed by atoms with van der Waals surface area (Å²) < 4.78 is 0. The van der Waals surface area contributed by atoms with E-state index in [9.17, 15) is 0 Å². The Hall–Kier alpha value is 0.183. The van der Waals surface area contributed by atoms with Crippen LogP contribution in [0.2, 0.25) is 5.02 Å². The number of hydrogen-bond acceptors (Lipinski definition) is 2. The molecule has 0 radical (unpaired) electrons. The van der Waals surface area contributed by atoms with Gasteiger partial charge in [0.15, 0.2) is 0 Å². The van der Waals surface area contributed by atoms with Crippen LogP contribution in [0.15, 0.2) is 40.6 Å². The van der Waals surface area contributed by atoms with E-state index in [0.717, 1.165) is 15.5 Å². The van der Waals surface area contributed by atoms with Gasteiger partial charge in [0.2, 0.25) is 0 Å². The average Bonchev–Trinajstić information content (AvgIpc) is 2.61. The van der Waals surface area contributed by atoms with Crippen molar-refractivity contribution in [3.8, 4) is 10.4 Å². The molecule has 0 aliphatic heterocycles. The number of rotatable bonds is 1. The maximum absolute atomic E-state index is 5.90. The molecule has 0 N–H and O–H groups in total. The second-order valence-electron chi connectivity index (χ2n) is 2.64. The molecule has 0 spiro atoms. The van der Waals surface area contributed by atoms with Gasteiger partial charge >= 0.3 is 0 Å². The van der Waals surface area contributed by atoms with Gasteiger partial charge in [0, 0.05) is 39.8 Å². The van der Waals surface area contributed by atoms with Crippen LogP contribution < -0.4 is 0 Å². The van der Waals surface area contributed by atoms with Gasteiger partial charge in [-0.15, -0.1) is 24.0 Å². The zero-order valence-electron chi connectivity index (χ0n) is 7.40. The maximum Gasteiger partial charge on any atom is 0.0413 e. The van der Waals surface area contributed by atoms with E-state index in [4.69, 9.17) is 11.6 Å². The topological polar surface area (TPSA) is 0 Å². The first-order chi connectivity index (χ1) is 6.27. The third-order valence-electron chi connectivity index (χ3n) is 1.75. The summed E-state index contributed by atoms with van der Waals surface area (Å²) in [6, 6.07) is 9.79. The molecular weight excluding hydrogens is 285 g/mol. The van der Waals surface area contributed by atoms with Crippen molar-refractivity contribution in [3.05, 3.63) is 40.7 Å². The van der Waals surface area contributed by atoms with Crippen LogP contribution in [0.3, 0.4) is 0 Å². The van der Waals surface area contributed by atoms with E-state index in [1.165, 1.54) is 4.88 Å². The molecule has 0 bridgehead atoms. The summed E-state index contributed by atoms with van der Waals surface area (Å²) in [5.41, 5.74) is 1.10. The van der Waals surface area contributed by atoms with Crippen molar-refractivity contribution in [3.63, 3.8) is 0 Å². The minimum atomic E-state index is 0. The van der Waals surface area contributed by atoms with Gasteiger partial charge in [-0.25, -0.2) is 0 Å². The normalized spacial score (nSPS) is 9.57.